The van der Waals surface area contributed by atoms with Crippen molar-refractivity contribution in [1.29, 1.82) is 0 Å². The fourth-order valence-electron chi connectivity index (χ4n) is 3.55. The second-order valence-electron chi connectivity index (χ2n) is 7.23. The lowest BCUT2D eigenvalue weighted by Gasteiger charge is -2.33. The molecular weight excluding hydrogens is 314 g/mol. The van der Waals surface area contributed by atoms with Gasteiger partial charge < -0.3 is 14.2 Å². The van der Waals surface area contributed by atoms with E-state index in [1.54, 1.807) is 0 Å². The van der Waals surface area contributed by atoms with E-state index in [0.717, 1.165) is 56.8 Å². The maximum Gasteiger partial charge on any atom is 0.257 e. The van der Waals surface area contributed by atoms with E-state index < -0.39 is 0 Å². The van der Waals surface area contributed by atoms with E-state index in [-0.39, 0.29) is 5.91 Å². The monoisotopic (exact) mass is 339 g/mol. The zero-order valence-corrected chi connectivity index (χ0v) is 14.7. The molecule has 1 aromatic carbocycles. The first-order chi connectivity index (χ1) is 12.2. The SMILES string of the molecule is Cn1ccnc1CC1CCCN(C(=O)c2ccccc2OC2CC2)C1. The Morgan fingerprint density at radius 3 is 2.88 bits per heavy atom. The van der Waals surface area contributed by atoms with Gasteiger partial charge in [0, 0.05) is 39.0 Å². The van der Waals surface area contributed by atoms with Crippen LogP contribution in [0.4, 0.5) is 0 Å². The summed E-state index contributed by atoms with van der Waals surface area (Å²) in [4.78, 5) is 19.5. The lowest BCUT2D eigenvalue weighted by molar-refractivity contribution is 0.0667. The van der Waals surface area contributed by atoms with Gasteiger partial charge in [0.05, 0.1) is 11.7 Å². The number of hydrogen-bond donors (Lipinski definition) is 0. The average molecular weight is 339 g/mol. The summed E-state index contributed by atoms with van der Waals surface area (Å²) in [6, 6.07) is 7.67. The maximum atomic E-state index is 13.1. The highest BCUT2D eigenvalue weighted by molar-refractivity contribution is 5.97. The average Bonchev–Trinajstić information content (AvgIpc) is 3.36. The van der Waals surface area contributed by atoms with Gasteiger partial charge in [-0.1, -0.05) is 12.1 Å². The van der Waals surface area contributed by atoms with E-state index in [4.69, 9.17) is 4.74 Å². The Kier molecular flexibility index (Phi) is 4.47. The van der Waals surface area contributed by atoms with Crippen molar-refractivity contribution in [2.75, 3.05) is 13.1 Å². The standard InChI is InChI=1S/C20H25N3O2/c1-22-12-10-21-19(22)13-15-5-4-11-23(14-15)20(24)17-6-2-3-7-18(17)25-16-8-9-16/h2-3,6-7,10,12,15-16H,4-5,8-9,11,13-14H2,1H3. The molecule has 2 aromatic rings. The molecule has 1 saturated heterocycles. The first kappa shape index (κ1) is 16.2. The third kappa shape index (κ3) is 3.70. The van der Waals surface area contributed by atoms with Crippen LogP contribution in [0.5, 0.6) is 5.75 Å². The zero-order valence-electron chi connectivity index (χ0n) is 14.7. The lowest BCUT2D eigenvalue weighted by Crippen LogP contribution is -2.40. The number of hydrogen-bond acceptors (Lipinski definition) is 3. The van der Waals surface area contributed by atoms with Gasteiger partial charge in [0.15, 0.2) is 0 Å². The summed E-state index contributed by atoms with van der Waals surface area (Å²) in [7, 11) is 2.03. The number of amides is 1. The number of para-hydroxylation sites is 1. The zero-order chi connectivity index (χ0) is 17.2. The predicted octanol–water partition coefficient (Wildman–Crippen LogP) is 3.06. The van der Waals surface area contributed by atoms with Crippen molar-refractivity contribution in [3.05, 3.63) is 48.0 Å². The molecule has 0 radical (unpaired) electrons. The number of benzene rings is 1. The van der Waals surface area contributed by atoms with Crippen molar-refractivity contribution in [3.63, 3.8) is 0 Å². The molecule has 2 aliphatic rings. The number of imidazole rings is 1. The molecule has 2 heterocycles. The predicted molar refractivity (Wildman–Crippen MR) is 95.6 cm³/mol. The Labute approximate surface area is 148 Å². The minimum Gasteiger partial charge on any atom is -0.490 e. The fourth-order valence-corrected chi connectivity index (χ4v) is 3.55. The van der Waals surface area contributed by atoms with Crippen molar-refractivity contribution in [1.82, 2.24) is 14.5 Å². The summed E-state index contributed by atoms with van der Waals surface area (Å²) in [6.45, 7) is 1.62. The van der Waals surface area contributed by atoms with Crippen molar-refractivity contribution in [2.24, 2.45) is 13.0 Å². The van der Waals surface area contributed by atoms with Crippen molar-refractivity contribution in [2.45, 2.75) is 38.2 Å². The number of aryl methyl sites for hydroxylation is 1. The van der Waals surface area contributed by atoms with Crippen LogP contribution in [0, 0.1) is 5.92 Å². The van der Waals surface area contributed by atoms with Crippen LogP contribution in [0.3, 0.4) is 0 Å². The van der Waals surface area contributed by atoms with Crippen LogP contribution >= 0.6 is 0 Å². The molecule has 1 atom stereocenters. The van der Waals surface area contributed by atoms with E-state index in [9.17, 15) is 4.79 Å². The molecule has 0 bridgehead atoms. The van der Waals surface area contributed by atoms with Gasteiger partial charge in [-0.25, -0.2) is 4.98 Å². The smallest absolute Gasteiger partial charge is 0.257 e. The van der Waals surface area contributed by atoms with Gasteiger partial charge in [0.2, 0.25) is 0 Å². The van der Waals surface area contributed by atoms with Gasteiger partial charge in [-0.3, -0.25) is 4.79 Å². The summed E-state index contributed by atoms with van der Waals surface area (Å²) < 4.78 is 8.00. The van der Waals surface area contributed by atoms with Crippen LogP contribution in [0.15, 0.2) is 36.7 Å². The van der Waals surface area contributed by atoms with E-state index in [0.29, 0.717) is 17.6 Å². The van der Waals surface area contributed by atoms with Gasteiger partial charge >= 0.3 is 0 Å². The quantitative estimate of drug-likeness (QED) is 0.841. The molecule has 1 aliphatic heterocycles. The number of carbonyl (C=O) groups is 1. The summed E-state index contributed by atoms with van der Waals surface area (Å²) >= 11 is 0. The first-order valence-electron chi connectivity index (χ1n) is 9.22. The summed E-state index contributed by atoms with van der Waals surface area (Å²) in [5.74, 6) is 2.40. The minimum absolute atomic E-state index is 0.0980. The highest BCUT2D eigenvalue weighted by Gasteiger charge is 2.29. The van der Waals surface area contributed by atoms with Gasteiger partial charge in [-0.05, 0) is 43.7 Å². The van der Waals surface area contributed by atoms with Crippen LogP contribution in [0.25, 0.3) is 0 Å². The number of likely N-dealkylation sites (tertiary alicyclic amines) is 1. The highest BCUT2D eigenvalue weighted by Crippen LogP contribution is 2.30. The van der Waals surface area contributed by atoms with Gasteiger partial charge in [0.1, 0.15) is 11.6 Å². The number of ether oxygens (including phenoxy) is 1. The van der Waals surface area contributed by atoms with Crippen LogP contribution in [0.2, 0.25) is 0 Å². The molecule has 0 N–H and O–H groups in total. The molecule has 2 fully saturated rings. The van der Waals surface area contributed by atoms with Gasteiger partial charge in [-0.15, -0.1) is 0 Å². The second-order valence-corrected chi connectivity index (χ2v) is 7.23. The molecule has 5 heteroatoms. The molecule has 1 saturated carbocycles. The van der Waals surface area contributed by atoms with Crippen LogP contribution in [-0.2, 0) is 13.5 Å². The Morgan fingerprint density at radius 1 is 1.28 bits per heavy atom. The molecule has 0 spiro atoms. The largest absolute Gasteiger partial charge is 0.490 e. The van der Waals surface area contributed by atoms with Gasteiger partial charge in [0.25, 0.3) is 5.91 Å². The molecule has 5 nitrogen and oxygen atoms in total. The molecule has 132 valence electrons. The van der Waals surface area contributed by atoms with E-state index in [1.807, 2.05) is 48.6 Å². The second kappa shape index (κ2) is 6.90. The number of rotatable bonds is 5. The molecule has 1 aromatic heterocycles. The molecule has 25 heavy (non-hydrogen) atoms. The van der Waals surface area contributed by atoms with E-state index >= 15 is 0 Å². The normalized spacial score (nSPS) is 20.5. The molecule has 1 unspecified atom stereocenters. The Bertz CT molecular complexity index is 751. The number of aromatic nitrogens is 2. The Morgan fingerprint density at radius 2 is 2.12 bits per heavy atom. The van der Waals surface area contributed by atoms with Crippen LogP contribution in [-0.4, -0.2) is 39.6 Å². The third-order valence-corrected chi connectivity index (χ3v) is 5.13. The highest BCUT2D eigenvalue weighted by atomic mass is 16.5. The number of piperidine rings is 1. The van der Waals surface area contributed by atoms with Crippen molar-refractivity contribution in [3.8, 4) is 5.75 Å². The molecule has 4 rings (SSSR count). The lowest BCUT2D eigenvalue weighted by atomic mass is 9.94. The molecular formula is C20H25N3O2. The molecule has 1 aliphatic carbocycles. The summed E-state index contributed by atoms with van der Waals surface area (Å²) in [5.41, 5.74) is 0.701. The van der Waals surface area contributed by atoms with Gasteiger partial charge in [-0.2, -0.15) is 0 Å². The van der Waals surface area contributed by atoms with E-state index in [2.05, 4.69) is 9.55 Å². The molecule has 1 amide bonds. The summed E-state index contributed by atoms with van der Waals surface area (Å²) in [6.07, 6.45) is 9.43. The topological polar surface area (TPSA) is 47.4 Å². The van der Waals surface area contributed by atoms with Crippen molar-refractivity contribution < 1.29 is 9.53 Å². The van der Waals surface area contributed by atoms with E-state index in [1.165, 1.54) is 0 Å². The number of carbonyl (C=O) groups excluding carboxylic acids is 1. The third-order valence-electron chi connectivity index (χ3n) is 5.13. The fraction of sp³-hybridized carbons (Fsp3) is 0.500. The van der Waals surface area contributed by atoms with Crippen molar-refractivity contribution >= 4 is 5.91 Å². The minimum atomic E-state index is 0.0980. The maximum absolute atomic E-state index is 13.1. The summed E-state index contributed by atoms with van der Waals surface area (Å²) in [5, 5.41) is 0. The Balaban J connectivity index is 1.45. The van der Waals surface area contributed by atoms with Crippen LogP contribution in [0.1, 0.15) is 41.9 Å². The first-order valence-corrected chi connectivity index (χ1v) is 9.22. The van der Waals surface area contributed by atoms with Crippen LogP contribution < -0.4 is 4.74 Å². The Hall–Kier alpha value is -2.30. The number of nitrogens with zero attached hydrogens (tertiary/aromatic N) is 3.